The van der Waals surface area contributed by atoms with Crippen LogP contribution in [-0.4, -0.2) is 29.5 Å². The zero-order chi connectivity index (χ0) is 9.68. The van der Waals surface area contributed by atoms with Crippen molar-refractivity contribution in [1.82, 2.24) is 9.97 Å². The van der Waals surface area contributed by atoms with Gasteiger partial charge in [0.2, 0.25) is 0 Å². The van der Waals surface area contributed by atoms with Gasteiger partial charge in [0.25, 0.3) is 0 Å². The van der Waals surface area contributed by atoms with Gasteiger partial charge in [-0.1, -0.05) is 0 Å². The number of carbonyl (C=O) groups excluding carboxylic acids is 1. The largest absolute Gasteiger partial charge is 0.377 e. The van der Waals surface area contributed by atoms with E-state index in [1.807, 2.05) is 0 Å². The fraction of sp³-hybridized carbons (Fsp3) is 0.375. The lowest BCUT2D eigenvalue weighted by Crippen LogP contribution is -2.11. The van der Waals surface area contributed by atoms with Gasteiger partial charge < -0.3 is 4.74 Å². The van der Waals surface area contributed by atoms with Crippen LogP contribution in [0, 0.1) is 0 Å². The van der Waals surface area contributed by atoms with Crippen molar-refractivity contribution in [3.05, 3.63) is 22.7 Å². The molecule has 4 nitrogen and oxygen atoms in total. The Hall–Kier alpha value is -0.810. The van der Waals surface area contributed by atoms with E-state index in [1.165, 1.54) is 7.11 Å². The van der Waals surface area contributed by atoms with E-state index >= 15 is 0 Å². The number of ether oxygens (including phenoxy) is 1. The van der Waals surface area contributed by atoms with E-state index in [2.05, 4.69) is 30.6 Å². The summed E-state index contributed by atoms with van der Waals surface area (Å²) in [7, 11) is 1.49. The lowest BCUT2D eigenvalue weighted by molar-refractivity contribution is -0.122. The second kappa shape index (κ2) is 5.04. The number of rotatable bonds is 4. The second-order valence-electron chi connectivity index (χ2n) is 2.47. The third kappa shape index (κ3) is 3.61. The van der Waals surface area contributed by atoms with Crippen LogP contribution in [0.4, 0.5) is 0 Å². The highest BCUT2D eigenvalue weighted by molar-refractivity contribution is 9.10. The number of hydrogen-bond acceptors (Lipinski definition) is 4. The number of nitrogens with zero attached hydrogens (tertiary/aromatic N) is 2. The summed E-state index contributed by atoms with van der Waals surface area (Å²) in [4.78, 5) is 19.0. The van der Waals surface area contributed by atoms with Gasteiger partial charge in [-0.15, -0.1) is 0 Å². The molecule has 1 aromatic heterocycles. The van der Waals surface area contributed by atoms with Gasteiger partial charge in [-0.2, -0.15) is 0 Å². The van der Waals surface area contributed by atoms with Crippen molar-refractivity contribution in [1.29, 1.82) is 0 Å². The van der Waals surface area contributed by atoms with Gasteiger partial charge in [0, 0.05) is 19.5 Å². The van der Waals surface area contributed by atoms with Gasteiger partial charge in [-0.25, -0.2) is 9.97 Å². The van der Waals surface area contributed by atoms with Gasteiger partial charge in [-0.3, -0.25) is 4.79 Å². The van der Waals surface area contributed by atoms with Crippen LogP contribution >= 0.6 is 15.9 Å². The molecule has 0 aliphatic carbocycles. The molecule has 70 valence electrons. The van der Waals surface area contributed by atoms with E-state index in [1.54, 1.807) is 12.4 Å². The van der Waals surface area contributed by atoms with E-state index in [0.29, 0.717) is 5.82 Å². The van der Waals surface area contributed by atoms with Crippen molar-refractivity contribution in [2.24, 2.45) is 0 Å². The lowest BCUT2D eigenvalue weighted by Gasteiger charge is -1.98. The number of halogens is 1. The normalized spacial score (nSPS) is 10.0. The van der Waals surface area contributed by atoms with Gasteiger partial charge in [-0.05, 0) is 15.9 Å². The van der Waals surface area contributed by atoms with E-state index in [9.17, 15) is 4.79 Å². The maximum atomic E-state index is 11.1. The molecule has 0 unspecified atom stereocenters. The third-order valence-electron chi connectivity index (χ3n) is 1.33. The Kier molecular flexibility index (Phi) is 3.98. The molecule has 0 saturated carbocycles. The number of Topliss-reactive ketones (excluding diaryl/α,β-unsaturated/α-hetero) is 1. The maximum Gasteiger partial charge on any atom is 0.166 e. The van der Waals surface area contributed by atoms with Gasteiger partial charge in [0.1, 0.15) is 12.4 Å². The predicted molar refractivity (Wildman–Crippen MR) is 50.3 cm³/mol. The van der Waals surface area contributed by atoms with Crippen LogP contribution in [0.3, 0.4) is 0 Å². The second-order valence-corrected chi connectivity index (χ2v) is 3.38. The van der Waals surface area contributed by atoms with E-state index in [-0.39, 0.29) is 18.8 Å². The molecule has 0 fully saturated rings. The molecule has 0 atom stereocenters. The average Bonchev–Trinajstić information content (AvgIpc) is 2.09. The van der Waals surface area contributed by atoms with Crippen molar-refractivity contribution in [3.8, 4) is 0 Å². The van der Waals surface area contributed by atoms with Crippen molar-refractivity contribution in [2.45, 2.75) is 6.42 Å². The predicted octanol–water partition coefficient (Wildman–Crippen LogP) is 0.997. The molecule has 0 amide bonds. The maximum absolute atomic E-state index is 11.1. The first-order valence-electron chi connectivity index (χ1n) is 3.69. The minimum Gasteiger partial charge on any atom is -0.377 e. The summed E-state index contributed by atoms with van der Waals surface area (Å²) in [6.45, 7) is 0.111. The topological polar surface area (TPSA) is 52.1 Å². The molecule has 1 aromatic rings. The molecular weight excluding hydrogens is 236 g/mol. The Morgan fingerprint density at radius 1 is 1.54 bits per heavy atom. The SMILES string of the molecule is COCC(=O)Cc1ncc(Br)cn1. The molecule has 0 aliphatic heterocycles. The molecule has 0 N–H and O–H groups in total. The Labute approximate surface area is 84.5 Å². The number of methoxy groups -OCH3 is 1. The van der Waals surface area contributed by atoms with Crippen LogP contribution in [0.15, 0.2) is 16.9 Å². The van der Waals surface area contributed by atoms with Crippen molar-refractivity contribution in [2.75, 3.05) is 13.7 Å². The van der Waals surface area contributed by atoms with Gasteiger partial charge >= 0.3 is 0 Å². The Bertz CT molecular complexity index is 287. The Balaban J connectivity index is 2.54. The van der Waals surface area contributed by atoms with Crippen LogP contribution in [0.5, 0.6) is 0 Å². The molecule has 1 heterocycles. The minimum atomic E-state index is -0.0233. The van der Waals surface area contributed by atoms with Crippen LogP contribution in [0.1, 0.15) is 5.82 Å². The first-order valence-corrected chi connectivity index (χ1v) is 4.48. The quantitative estimate of drug-likeness (QED) is 0.793. The van der Waals surface area contributed by atoms with Crippen LogP contribution in [0.25, 0.3) is 0 Å². The molecular formula is C8H9BrN2O2. The summed E-state index contributed by atoms with van der Waals surface area (Å²) in [5.41, 5.74) is 0. The summed E-state index contributed by atoms with van der Waals surface area (Å²) in [5, 5.41) is 0. The van der Waals surface area contributed by atoms with Crippen LogP contribution < -0.4 is 0 Å². The molecule has 1 rings (SSSR count). The lowest BCUT2D eigenvalue weighted by atomic mass is 10.3. The van der Waals surface area contributed by atoms with Crippen LogP contribution in [-0.2, 0) is 16.0 Å². The van der Waals surface area contributed by atoms with E-state index in [4.69, 9.17) is 0 Å². The minimum absolute atomic E-state index is 0.0233. The summed E-state index contributed by atoms with van der Waals surface area (Å²) in [6.07, 6.45) is 3.45. The fourth-order valence-corrected chi connectivity index (χ4v) is 1.02. The molecule has 0 saturated heterocycles. The fourth-order valence-electron chi connectivity index (χ4n) is 0.819. The van der Waals surface area contributed by atoms with Crippen molar-refractivity contribution < 1.29 is 9.53 Å². The number of ketones is 1. The van der Waals surface area contributed by atoms with E-state index < -0.39 is 0 Å². The molecule has 0 bridgehead atoms. The smallest absolute Gasteiger partial charge is 0.166 e. The molecule has 0 spiro atoms. The Morgan fingerprint density at radius 2 is 2.15 bits per heavy atom. The third-order valence-corrected chi connectivity index (χ3v) is 1.74. The first-order chi connectivity index (χ1) is 6.22. The zero-order valence-corrected chi connectivity index (χ0v) is 8.74. The molecule has 5 heteroatoms. The molecule has 0 radical (unpaired) electrons. The molecule has 13 heavy (non-hydrogen) atoms. The van der Waals surface area contributed by atoms with Gasteiger partial charge in [0.05, 0.1) is 10.9 Å². The molecule has 0 aromatic carbocycles. The summed E-state index contributed by atoms with van der Waals surface area (Å²) in [6, 6.07) is 0. The molecule has 0 aliphatic rings. The first kappa shape index (κ1) is 10.3. The summed E-state index contributed by atoms with van der Waals surface area (Å²) < 4.78 is 5.49. The van der Waals surface area contributed by atoms with E-state index in [0.717, 1.165) is 4.47 Å². The standard InChI is InChI=1S/C8H9BrN2O2/c1-13-5-7(12)2-8-10-3-6(9)4-11-8/h3-4H,2,5H2,1H3. The summed E-state index contributed by atoms with van der Waals surface area (Å²) >= 11 is 3.21. The zero-order valence-electron chi connectivity index (χ0n) is 7.16. The number of carbonyl (C=O) groups is 1. The van der Waals surface area contributed by atoms with Gasteiger partial charge in [0.15, 0.2) is 5.78 Å². The Morgan fingerprint density at radius 3 is 2.69 bits per heavy atom. The average molecular weight is 245 g/mol. The number of hydrogen-bond donors (Lipinski definition) is 0. The summed E-state index contributed by atoms with van der Waals surface area (Å²) in [5.74, 6) is 0.495. The van der Waals surface area contributed by atoms with Crippen molar-refractivity contribution in [3.63, 3.8) is 0 Å². The number of aromatic nitrogens is 2. The highest BCUT2D eigenvalue weighted by Crippen LogP contribution is 2.04. The highest BCUT2D eigenvalue weighted by Gasteiger charge is 2.04. The monoisotopic (exact) mass is 244 g/mol. The van der Waals surface area contributed by atoms with Crippen LogP contribution in [0.2, 0.25) is 0 Å². The van der Waals surface area contributed by atoms with Crippen molar-refractivity contribution >= 4 is 21.7 Å². The highest BCUT2D eigenvalue weighted by atomic mass is 79.9.